The monoisotopic (exact) mass is 264 g/mol. The molecule has 0 aromatic carbocycles. The largest absolute Gasteiger partial charge is 0.464 e. The van der Waals surface area contributed by atoms with Gasteiger partial charge in [0.05, 0.1) is 7.11 Å². The highest BCUT2D eigenvalue weighted by atomic mass is 32.1. The van der Waals surface area contributed by atoms with Crippen molar-refractivity contribution in [1.29, 1.82) is 0 Å². The zero-order chi connectivity index (χ0) is 13.0. The third kappa shape index (κ3) is 3.00. The number of aromatic amines is 1. The number of rotatable bonds is 5. The lowest BCUT2D eigenvalue weighted by Crippen LogP contribution is -2.13. The minimum absolute atomic E-state index is 0.338. The van der Waals surface area contributed by atoms with Crippen LogP contribution in [0, 0.1) is 6.92 Å². The molecule has 2 N–H and O–H groups in total. The number of carbonyl (C=O) groups is 1. The van der Waals surface area contributed by atoms with Crippen molar-refractivity contribution in [3.05, 3.63) is 45.4 Å². The summed E-state index contributed by atoms with van der Waals surface area (Å²) in [6.45, 7) is 3.65. The summed E-state index contributed by atoms with van der Waals surface area (Å²) in [7, 11) is 1.38. The number of H-pyrrole nitrogens is 1. The Bertz CT molecular complexity index is 531. The molecule has 5 heteroatoms. The summed E-state index contributed by atoms with van der Waals surface area (Å²) in [5.74, 6) is -0.338. The van der Waals surface area contributed by atoms with E-state index in [9.17, 15) is 4.79 Å². The van der Waals surface area contributed by atoms with E-state index < -0.39 is 0 Å². The molecule has 0 saturated carbocycles. The molecule has 0 bridgehead atoms. The summed E-state index contributed by atoms with van der Waals surface area (Å²) in [5, 5.41) is 5.44. The van der Waals surface area contributed by atoms with E-state index in [2.05, 4.69) is 33.4 Å². The van der Waals surface area contributed by atoms with Gasteiger partial charge >= 0.3 is 5.97 Å². The van der Waals surface area contributed by atoms with Crippen LogP contribution in [0.3, 0.4) is 0 Å². The number of aromatic nitrogens is 1. The van der Waals surface area contributed by atoms with Gasteiger partial charge in [-0.1, -0.05) is 0 Å². The van der Waals surface area contributed by atoms with E-state index in [0.717, 1.165) is 12.2 Å². The second-order valence-electron chi connectivity index (χ2n) is 4.02. The molecule has 2 heterocycles. The van der Waals surface area contributed by atoms with Crippen LogP contribution in [0.25, 0.3) is 0 Å². The highest BCUT2D eigenvalue weighted by molar-refractivity contribution is 7.10. The maximum Gasteiger partial charge on any atom is 0.354 e. The van der Waals surface area contributed by atoms with Gasteiger partial charge in [0.15, 0.2) is 0 Å². The Kier molecular flexibility index (Phi) is 4.17. The first-order valence-corrected chi connectivity index (χ1v) is 6.58. The van der Waals surface area contributed by atoms with Crippen molar-refractivity contribution in [1.82, 2.24) is 10.3 Å². The molecule has 0 aliphatic carbocycles. The van der Waals surface area contributed by atoms with Gasteiger partial charge in [0, 0.05) is 23.7 Å². The lowest BCUT2D eigenvalue weighted by Gasteiger charge is -2.02. The number of hydrogen-bond acceptors (Lipinski definition) is 4. The van der Waals surface area contributed by atoms with Gasteiger partial charge in [-0.15, -0.1) is 11.3 Å². The lowest BCUT2D eigenvalue weighted by atomic mass is 10.3. The Balaban J connectivity index is 1.85. The van der Waals surface area contributed by atoms with Crippen molar-refractivity contribution >= 4 is 17.3 Å². The zero-order valence-corrected chi connectivity index (χ0v) is 11.3. The van der Waals surface area contributed by atoms with Crippen LogP contribution < -0.4 is 5.32 Å². The van der Waals surface area contributed by atoms with E-state index in [0.29, 0.717) is 12.2 Å². The molecule has 18 heavy (non-hydrogen) atoms. The van der Waals surface area contributed by atoms with Crippen molar-refractivity contribution in [3.63, 3.8) is 0 Å². The quantitative estimate of drug-likeness (QED) is 0.816. The maximum absolute atomic E-state index is 11.3. The van der Waals surface area contributed by atoms with Crippen molar-refractivity contribution in [2.24, 2.45) is 0 Å². The van der Waals surface area contributed by atoms with Gasteiger partial charge in [-0.3, -0.25) is 0 Å². The molecule has 0 spiro atoms. The molecule has 2 aromatic heterocycles. The highest BCUT2D eigenvalue weighted by Crippen LogP contribution is 2.15. The lowest BCUT2D eigenvalue weighted by molar-refractivity contribution is 0.0594. The molecule has 0 fully saturated rings. The van der Waals surface area contributed by atoms with Crippen LogP contribution in [-0.4, -0.2) is 18.1 Å². The average Bonchev–Trinajstić information content (AvgIpc) is 2.99. The summed E-state index contributed by atoms with van der Waals surface area (Å²) in [4.78, 5) is 15.6. The second kappa shape index (κ2) is 5.84. The van der Waals surface area contributed by atoms with Gasteiger partial charge < -0.3 is 15.0 Å². The topological polar surface area (TPSA) is 54.1 Å². The first-order valence-electron chi connectivity index (χ1n) is 5.70. The Labute approximate surface area is 110 Å². The van der Waals surface area contributed by atoms with Crippen LogP contribution in [0.15, 0.2) is 23.6 Å². The summed E-state index contributed by atoms with van der Waals surface area (Å²) >= 11 is 1.75. The fourth-order valence-corrected chi connectivity index (χ4v) is 2.54. The van der Waals surface area contributed by atoms with Crippen molar-refractivity contribution in [2.75, 3.05) is 7.11 Å². The molecule has 0 saturated heterocycles. The van der Waals surface area contributed by atoms with Crippen LogP contribution in [0.2, 0.25) is 0 Å². The molecule has 0 aliphatic heterocycles. The molecule has 0 amide bonds. The van der Waals surface area contributed by atoms with Gasteiger partial charge in [0.1, 0.15) is 5.69 Å². The third-order valence-electron chi connectivity index (χ3n) is 2.72. The molecule has 2 aromatic rings. The van der Waals surface area contributed by atoms with Crippen LogP contribution in [0.1, 0.15) is 26.6 Å². The summed E-state index contributed by atoms with van der Waals surface area (Å²) < 4.78 is 4.64. The number of methoxy groups -OCH3 is 1. The summed E-state index contributed by atoms with van der Waals surface area (Å²) in [6, 6.07) is 5.74. The molecule has 2 rings (SSSR count). The molecule has 96 valence electrons. The summed E-state index contributed by atoms with van der Waals surface area (Å²) in [5.41, 5.74) is 2.78. The van der Waals surface area contributed by atoms with Crippen LogP contribution in [-0.2, 0) is 17.8 Å². The van der Waals surface area contributed by atoms with E-state index in [-0.39, 0.29) is 5.97 Å². The fraction of sp³-hybridized carbons (Fsp3) is 0.308. The minimum Gasteiger partial charge on any atom is -0.464 e. The Morgan fingerprint density at radius 2 is 2.22 bits per heavy atom. The standard InChI is InChI=1S/C13H16N2O2S/c1-9-5-6-18-12(9)8-14-7-10-3-4-11(15-10)13(16)17-2/h3-6,14-15H,7-8H2,1-2H3. The van der Waals surface area contributed by atoms with Crippen LogP contribution >= 0.6 is 11.3 Å². The van der Waals surface area contributed by atoms with E-state index in [1.807, 2.05) is 6.07 Å². The predicted molar refractivity (Wildman–Crippen MR) is 71.7 cm³/mol. The summed E-state index contributed by atoms with van der Waals surface area (Å²) in [6.07, 6.45) is 0. The number of nitrogens with one attached hydrogen (secondary N) is 2. The van der Waals surface area contributed by atoms with Crippen molar-refractivity contribution < 1.29 is 9.53 Å². The molecule has 0 radical (unpaired) electrons. The first-order chi connectivity index (χ1) is 8.70. The molecular weight excluding hydrogens is 248 g/mol. The number of aryl methyl sites for hydroxylation is 1. The molecule has 4 nitrogen and oxygen atoms in total. The molecule has 0 unspecified atom stereocenters. The van der Waals surface area contributed by atoms with E-state index >= 15 is 0 Å². The predicted octanol–water partition coefficient (Wildman–Crippen LogP) is 2.46. The Morgan fingerprint density at radius 1 is 1.39 bits per heavy atom. The van der Waals surface area contributed by atoms with Gasteiger partial charge in [0.25, 0.3) is 0 Å². The molecule has 0 aliphatic rings. The number of hydrogen-bond donors (Lipinski definition) is 2. The van der Waals surface area contributed by atoms with Crippen LogP contribution in [0.4, 0.5) is 0 Å². The molecular formula is C13H16N2O2S. The average molecular weight is 264 g/mol. The van der Waals surface area contributed by atoms with Gasteiger partial charge in [-0.2, -0.15) is 0 Å². The number of carbonyl (C=O) groups excluding carboxylic acids is 1. The maximum atomic E-state index is 11.3. The van der Waals surface area contributed by atoms with Crippen molar-refractivity contribution in [3.8, 4) is 0 Å². The third-order valence-corrected chi connectivity index (χ3v) is 3.74. The number of thiophene rings is 1. The van der Waals surface area contributed by atoms with E-state index in [4.69, 9.17) is 0 Å². The van der Waals surface area contributed by atoms with Crippen molar-refractivity contribution in [2.45, 2.75) is 20.0 Å². The molecule has 0 atom stereocenters. The smallest absolute Gasteiger partial charge is 0.354 e. The normalized spacial score (nSPS) is 10.6. The second-order valence-corrected chi connectivity index (χ2v) is 5.02. The highest BCUT2D eigenvalue weighted by Gasteiger charge is 2.07. The number of esters is 1. The Morgan fingerprint density at radius 3 is 2.89 bits per heavy atom. The first kappa shape index (κ1) is 12.9. The van der Waals surface area contributed by atoms with Crippen LogP contribution in [0.5, 0.6) is 0 Å². The zero-order valence-electron chi connectivity index (χ0n) is 10.4. The number of ether oxygens (including phenoxy) is 1. The van der Waals surface area contributed by atoms with Gasteiger partial charge in [0.2, 0.25) is 0 Å². The minimum atomic E-state index is -0.338. The fourth-order valence-electron chi connectivity index (χ4n) is 1.67. The Hall–Kier alpha value is -1.59. The van der Waals surface area contributed by atoms with Gasteiger partial charge in [-0.05, 0) is 36.1 Å². The SMILES string of the molecule is COC(=O)c1ccc(CNCc2sccc2C)[nH]1. The van der Waals surface area contributed by atoms with Gasteiger partial charge in [-0.25, -0.2) is 4.79 Å². The van der Waals surface area contributed by atoms with E-state index in [1.165, 1.54) is 17.6 Å². The van der Waals surface area contributed by atoms with E-state index in [1.54, 1.807) is 17.4 Å².